The number of fused-ring (bicyclic) bond motifs is 1. The Kier molecular flexibility index (Phi) is 2.40. The average molecular weight is 244 g/mol. The van der Waals surface area contributed by atoms with Crippen molar-refractivity contribution in [2.75, 3.05) is 0 Å². The Morgan fingerprint density at radius 1 is 1.11 bits per heavy atom. The summed E-state index contributed by atoms with van der Waals surface area (Å²) in [6, 6.07) is 7.19. The first-order valence-electron chi connectivity index (χ1n) is 5.92. The van der Waals surface area contributed by atoms with Crippen LogP contribution >= 0.6 is 0 Å². The minimum atomic E-state index is -0.821. The summed E-state index contributed by atoms with van der Waals surface area (Å²) >= 11 is 0. The zero-order valence-corrected chi connectivity index (χ0v) is 9.68. The SMILES string of the molecule is O=C1NC(=O)N(C2CCc3ccccc3C2)C1=O. The Morgan fingerprint density at radius 3 is 2.50 bits per heavy atom. The van der Waals surface area contributed by atoms with Gasteiger partial charge in [-0.05, 0) is 30.4 Å². The molecule has 0 bridgehead atoms. The normalized spacial score (nSPS) is 23.0. The van der Waals surface area contributed by atoms with Gasteiger partial charge >= 0.3 is 17.8 Å². The second kappa shape index (κ2) is 3.94. The van der Waals surface area contributed by atoms with E-state index in [2.05, 4.69) is 6.07 Å². The molecule has 1 fully saturated rings. The molecular formula is C13H12N2O3. The van der Waals surface area contributed by atoms with Gasteiger partial charge in [-0.3, -0.25) is 19.8 Å². The zero-order valence-electron chi connectivity index (χ0n) is 9.68. The van der Waals surface area contributed by atoms with E-state index < -0.39 is 17.8 Å². The summed E-state index contributed by atoms with van der Waals surface area (Å²) in [5.74, 6) is -1.55. The number of nitrogens with zero attached hydrogens (tertiary/aromatic N) is 1. The first-order valence-corrected chi connectivity index (χ1v) is 5.92. The third-order valence-corrected chi connectivity index (χ3v) is 3.54. The minimum Gasteiger partial charge on any atom is -0.269 e. The van der Waals surface area contributed by atoms with Crippen LogP contribution in [0.3, 0.4) is 0 Å². The fourth-order valence-electron chi connectivity index (χ4n) is 2.64. The van der Waals surface area contributed by atoms with Crippen molar-refractivity contribution >= 4 is 17.8 Å². The summed E-state index contributed by atoms with van der Waals surface area (Å²) in [6.07, 6.45) is 2.16. The Labute approximate surface area is 104 Å². The van der Waals surface area contributed by atoms with Crippen LogP contribution in [0.2, 0.25) is 0 Å². The fourth-order valence-corrected chi connectivity index (χ4v) is 2.64. The maximum atomic E-state index is 11.6. The number of nitrogens with one attached hydrogen (secondary N) is 1. The van der Waals surface area contributed by atoms with Crippen LogP contribution in [0, 0.1) is 0 Å². The van der Waals surface area contributed by atoms with Gasteiger partial charge in [0.2, 0.25) is 0 Å². The van der Waals surface area contributed by atoms with Crippen molar-refractivity contribution in [1.29, 1.82) is 0 Å². The summed E-state index contributed by atoms with van der Waals surface area (Å²) in [5, 5.41) is 2.04. The van der Waals surface area contributed by atoms with Crippen LogP contribution in [0.15, 0.2) is 24.3 Å². The van der Waals surface area contributed by atoms with Crippen molar-refractivity contribution in [1.82, 2.24) is 10.2 Å². The predicted octanol–water partition coefficient (Wildman–Crippen LogP) is 0.622. The van der Waals surface area contributed by atoms with E-state index in [1.54, 1.807) is 0 Å². The molecule has 4 amide bonds. The van der Waals surface area contributed by atoms with Gasteiger partial charge in [-0.2, -0.15) is 0 Å². The lowest BCUT2D eigenvalue weighted by molar-refractivity contribution is -0.141. The Bertz CT molecular complexity index is 553. The van der Waals surface area contributed by atoms with E-state index in [0.29, 0.717) is 12.8 Å². The van der Waals surface area contributed by atoms with Gasteiger partial charge in [0.15, 0.2) is 0 Å². The molecule has 1 aliphatic heterocycles. The van der Waals surface area contributed by atoms with Gasteiger partial charge in [-0.25, -0.2) is 4.79 Å². The molecule has 5 nitrogen and oxygen atoms in total. The van der Waals surface area contributed by atoms with Gasteiger partial charge in [0.05, 0.1) is 0 Å². The fraction of sp³-hybridized carbons (Fsp3) is 0.308. The molecule has 1 saturated heterocycles. The Morgan fingerprint density at radius 2 is 1.83 bits per heavy atom. The number of hydrogen-bond donors (Lipinski definition) is 1. The topological polar surface area (TPSA) is 66.5 Å². The Balaban J connectivity index is 1.86. The highest BCUT2D eigenvalue weighted by atomic mass is 16.2. The molecule has 5 heteroatoms. The monoisotopic (exact) mass is 244 g/mol. The van der Waals surface area contributed by atoms with Gasteiger partial charge < -0.3 is 0 Å². The Hall–Kier alpha value is -2.17. The van der Waals surface area contributed by atoms with Crippen molar-refractivity contribution < 1.29 is 14.4 Å². The number of benzene rings is 1. The summed E-state index contributed by atoms with van der Waals surface area (Å²) in [7, 11) is 0. The highest BCUT2D eigenvalue weighted by molar-refractivity contribution is 6.44. The molecule has 0 radical (unpaired) electrons. The van der Waals surface area contributed by atoms with Gasteiger partial charge in [-0.1, -0.05) is 24.3 Å². The summed E-state index contributed by atoms with van der Waals surface area (Å²) < 4.78 is 0. The van der Waals surface area contributed by atoms with Crippen LogP contribution in [0.5, 0.6) is 0 Å². The highest BCUT2D eigenvalue weighted by Gasteiger charge is 2.42. The van der Waals surface area contributed by atoms with E-state index in [-0.39, 0.29) is 6.04 Å². The van der Waals surface area contributed by atoms with Gasteiger partial charge in [0.25, 0.3) is 0 Å². The van der Waals surface area contributed by atoms with E-state index in [0.717, 1.165) is 16.9 Å². The second-order valence-corrected chi connectivity index (χ2v) is 4.60. The van der Waals surface area contributed by atoms with Crippen molar-refractivity contribution in [2.24, 2.45) is 0 Å². The molecule has 1 heterocycles. The number of hydrogen-bond acceptors (Lipinski definition) is 3. The summed E-state index contributed by atoms with van der Waals surface area (Å²) in [6.45, 7) is 0. The summed E-state index contributed by atoms with van der Waals surface area (Å²) in [4.78, 5) is 35.4. The van der Waals surface area contributed by atoms with Crippen molar-refractivity contribution in [2.45, 2.75) is 25.3 Å². The number of amides is 4. The van der Waals surface area contributed by atoms with Crippen molar-refractivity contribution in [3.8, 4) is 0 Å². The molecule has 3 rings (SSSR count). The number of rotatable bonds is 1. The third-order valence-electron chi connectivity index (χ3n) is 3.54. The number of carbonyl (C=O) groups excluding carboxylic acids is 3. The van der Waals surface area contributed by atoms with Crippen molar-refractivity contribution in [3.63, 3.8) is 0 Å². The first kappa shape index (κ1) is 11.0. The largest absolute Gasteiger partial charge is 0.331 e. The smallest absolute Gasteiger partial charge is 0.269 e. The van der Waals surface area contributed by atoms with E-state index in [1.165, 1.54) is 5.56 Å². The first-order chi connectivity index (χ1) is 8.66. The average Bonchev–Trinajstić information content (AvgIpc) is 2.63. The standard InChI is InChI=1S/C13H12N2O3/c16-11-12(17)15(13(18)14-11)10-6-5-8-3-1-2-4-9(8)7-10/h1-4,10H,5-7H2,(H,14,16,18). The van der Waals surface area contributed by atoms with E-state index in [9.17, 15) is 14.4 Å². The van der Waals surface area contributed by atoms with Gasteiger partial charge in [-0.15, -0.1) is 0 Å². The zero-order chi connectivity index (χ0) is 12.7. The maximum Gasteiger partial charge on any atom is 0.331 e. The van der Waals surface area contributed by atoms with Crippen LogP contribution < -0.4 is 5.32 Å². The molecule has 1 atom stereocenters. The molecule has 1 aliphatic carbocycles. The van der Waals surface area contributed by atoms with E-state index in [4.69, 9.17) is 0 Å². The maximum absolute atomic E-state index is 11.6. The number of imide groups is 2. The quantitative estimate of drug-likeness (QED) is 0.581. The molecule has 2 aliphatic rings. The second-order valence-electron chi connectivity index (χ2n) is 4.60. The van der Waals surface area contributed by atoms with E-state index >= 15 is 0 Å². The molecule has 0 spiro atoms. The molecule has 1 aromatic rings. The highest BCUT2D eigenvalue weighted by Crippen LogP contribution is 2.25. The molecule has 0 aromatic heterocycles. The van der Waals surface area contributed by atoms with Gasteiger partial charge in [0.1, 0.15) is 0 Å². The van der Waals surface area contributed by atoms with Crippen LogP contribution in [-0.2, 0) is 22.4 Å². The van der Waals surface area contributed by atoms with Crippen LogP contribution in [-0.4, -0.2) is 28.8 Å². The number of carbonyl (C=O) groups is 3. The lowest BCUT2D eigenvalue weighted by atomic mass is 9.87. The number of urea groups is 1. The van der Waals surface area contributed by atoms with Gasteiger partial charge in [0, 0.05) is 6.04 Å². The van der Waals surface area contributed by atoms with Crippen LogP contribution in [0.1, 0.15) is 17.5 Å². The van der Waals surface area contributed by atoms with Crippen LogP contribution in [0.4, 0.5) is 4.79 Å². The third kappa shape index (κ3) is 1.59. The van der Waals surface area contributed by atoms with Crippen LogP contribution in [0.25, 0.3) is 0 Å². The summed E-state index contributed by atoms with van der Waals surface area (Å²) in [5.41, 5.74) is 2.40. The molecular weight excluding hydrogens is 232 g/mol. The lowest BCUT2D eigenvalue weighted by Gasteiger charge is -2.29. The minimum absolute atomic E-state index is 0.209. The molecule has 1 N–H and O–H groups in total. The molecule has 1 aromatic carbocycles. The molecule has 1 unspecified atom stereocenters. The number of aryl methyl sites for hydroxylation is 1. The molecule has 92 valence electrons. The van der Waals surface area contributed by atoms with E-state index in [1.807, 2.05) is 23.5 Å². The lowest BCUT2D eigenvalue weighted by Crippen LogP contribution is -2.43. The van der Waals surface area contributed by atoms with Crippen molar-refractivity contribution in [3.05, 3.63) is 35.4 Å². The predicted molar refractivity (Wildman–Crippen MR) is 62.6 cm³/mol. The molecule has 18 heavy (non-hydrogen) atoms. The molecule has 0 saturated carbocycles.